The Balaban J connectivity index is 1.19. The van der Waals surface area contributed by atoms with Crippen molar-refractivity contribution in [1.29, 1.82) is 0 Å². The molecule has 0 unspecified atom stereocenters. The second kappa shape index (κ2) is 16.0. The molecule has 0 N–H and O–H groups in total. The average Bonchev–Trinajstić information content (AvgIpc) is 3.54. The molecule has 0 saturated carbocycles. The number of rotatable bonds is 5. The van der Waals surface area contributed by atoms with Gasteiger partial charge in [0.15, 0.2) is 0 Å². The lowest BCUT2D eigenvalue weighted by Gasteiger charge is -2.48. The summed E-state index contributed by atoms with van der Waals surface area (Å²) in [5.74, 6) is 0. The van der Waals surface area contributed by atoms with Crippen LogP contribution in [-0.4, -0.2) is 6.71 Å². The molecule has 2 nitrogen and oxygen atoms in total. The maximum absolute atomic E-state index is 2.72. The molecule has 0 amide bonds. The minimum Gasteiger partial charge on any atom is -0.311 e. The van der Waals surface area contributed by atoms with Gasteiger partial charge in [-0.05, 0) is 186 Å². The van der Waals surface area contributed by atoms with Crippen molar-refractivity contribution < 1.29 is 0 Å². The van der Waals surface area contributed by atoms with E-state index >= 15 is 0 Å². The first-order valence-corrected chi connectivity index (χ1v) is 26.7. The van der Waals surface area contributed by atoms with Gasteiger partial charge in [-0.25, -0.2) is 0 Å². The molecule has 2 aliphatic heterocycles. The zero-order valence-corrected chi connectivity index (χ0v) is 45.1. The van der Waals surface area contributed by atoms with Crippen LogP contribution >= 0.6 is 0 Å². The summed E-state index contributed by atoms with van der Waals surface area (Å²) < 4.78 is 0. The van der Waals surface area contributed by atoms with E-state index in [9.17, 15) is 0 Å². The van der Waals surface area contributed by atoms with Crippen LogP contribution in [0.15, 0.2) is 158 Å². The normalized spacial score (nSPS) is 17.4. The van der Waals surface area contributed by atoms with Gasteiger partial charge in [-0.3, -0.25) is 0 Å². The summed E-state index contributed by atoms with van der Waals surface area (Å²) in [4.78, 5) is 5.35. The molecule has 0 atom stereocenters. The van der Waals surface area contributed by atoms with Crippen LogP contribution in [0.1, 0.15) is 134 Å². The van der Waals surface area contributed by atoms with Crippen molar-refractivity contribution in [2.75, 3.05) is 9.80 Å². The first kappa shape index (κ1) is 46.5. The van der Waals surface area contributed by atoms with Crippen molar-refractivity contribution in [3.63, 3.8) is 0 Å². The van der Waals surface area contributed by atoms with Gasteiger partial charge < -0.3 is 9.80 Å². The molecule has 8 aromatic carbocycles. The van der Waals surface area contributed by atoms with E-state index < -0.39 is 0 Å². The summed E-state index contributed by atoms with van der Waals surface area (Å²) in [6, 6.07) is 61.5. The lowest BCUT2D eigenvalue weighted by atomic mass is 9.33. The van der Waals surface area contributed by atoms with Crippen molar-refractivity contribution in [2.45, 2.75) is 136 Å². The van der Waals surface area contributed by atoms with Crippen LogP contribution in [-0.2, 0) is 27.1 Å². The number of hydrogen-bond donors (Lipinski definition) is 0. The summed E-state index contributed by atoms with van der Waals surface area (Å²) in [6.07, 6.45) is 3.45. The van der Waals surface area contributed by atoms with Gasteiger partial charge in [0.1, 0.15) is 0 Å². The van der Waals surface area contributed by atoms with Crippen molar-refractivity contribution in [3.8, 4) is 33.4 Å². The molecule has 3 heteroatoms. The Bertz CT molecular complexity index is 3510. The Morgan fingerprint density at radius 2 is 0.931 bits per heavy atom. The number of anilines is 6. The van der Waals surface area contributed by atoms with E-state index in [2.05, 4.69) is 258 Å². The second-order valence-electron chi connectivity index (χ2n) is 25.7. The third-order valence-electron chi connectivity index (χ3n) is 17.6. The molecule has 0 spiro atoms. The summed E-state index contributed by atoms with van der Waals surface area (Å²) in [7, 11) is 0. The topological polar surface area (TPSA) is 6.48 Å². The molecule has 72 heavy (non-hydrogen) atoms. The highest BCUT2D eigenvalue weighted by molar-refractivity contribution is 7.00. The van der Waals surface area contributed by atoms with Crippen LogP contribution in [0.4, 0.5) is 34.1 Å². The van der Waals surface area contributed by atoms with Gasteiger partial charge in [0.25, 0.3) is 6.71 Å². The van der Waals surface area contributed by atoms with Crippen molar-refractivity contribution in [2.24, 2.45) is 0 Å². The van der Waals surface area contributed by atoms with Gasteiger partial charge in [-0.15, -0.1) is 0 Å². The van der Waals surface area contributed by atoms with Gasteiger partial charge >= 0.3 is 0 Å². The summed E-state index contributed by atoms with van der Waals surface area (Å²) in [5.41, 5.74) is 29.1. The first-order valence-electron chi connectivity index (χ1n) is 26.7. The van der Waals surface area contributed by atoms with Gasteiger partial charge in [0.05, 0.1) is 5.69 Å². The molecular weight excluding hydrogens is 868 g/mol. The standard InChI is InChI=1S/C69H71BN2/c1-43-34-62-64-63(35-43)72(59-37-47(25-24-44(59)2)45-20-16-14-17-21-45)60-38-48(46-22-18-15-19-23-46)27-30-56(60)70(64)57-40-54-55(67(8,9)33-32-66(54,6)7)41-61(57)71(62)58-31-28-50(65(3,4)5)39-51(58)49-26-29-52-53(36-49)69(12,13)42-68(52,10)11/h14-31,34-41H,32-33,42H2,1-13H3. The molecule has 0 aromatic heterocycles. The molecular formula is C69H71BN2. The molecule has 0 fully saturated rings. The predicted octanol–water partition coefficient (Wildman–Crippen LogP) is 17.0. The van der Waals surface area contributed by atoms with Gasteiger partial charge in [0.2, 0.25) is 0 Å². The fourth-order valence-corrected chi connectivity index (χ4v) is 13.8. The number of fused-ring (bicyclic) bond motifs is 6. The predicted molar refractivity (Wildman–Crippen MR) is 311 cm³/mol. The van der Waals surface area contributed by atoms with Crippen molar-refractivity contribution in [1.82, 2.24) is 0 Å². The highest BCUT2D eigenvalue weighted by Gasteiger charge is 2.48. The highest BCUT2D eigenvalue weighted by atomic mass is 15.2. The smallest absolute Gasteiger partial charge is 0.252 e. The van der Waals surface area contributed by atoms with E-state index in [0.29, 0.717) is 0 Å². The molecule has 0 bridgehead atoms. The largest absolute Gasteiger partial charge is 0.311 e. The Hall–Kier alpha value is -6.58. The van der Waals surface area contributed by atoms with E-state index in [0.717, 1.165) is 19.3 Å². The average molecular weight is 939 g/mol. The third-order valence-corrected chi connectivity index (χ3v) is 17.6. The van der Waals surface area contributed by atoms with E-state index in [1.807, 2.05) is 0 Å². The zero-order valence-electron chi connectivity index (χ0n) is 45.1. The number of hydrogen-bond acceptors (Lipinski definition) is 2. The zero-order chi connectivity index (χ0) is 50.4. The minimum absolute atomic E-state index is 0.00185. The minimum atomic E-state index is -0.0394. The van der Waals surface area contributed by atoms with Crippen LogP contribution in [0.3, 0.4) is 0 Å². The van der Waals surface area contributed by atoms with Crippen LogP contribution in [0, 0.1) is 13.8 Å². The molecule has 2 aliphatic carbocycles. The van der Waals surface area contributed by atoms with E-state index in [1.54, 1.807) is 0 Å². The number of benzene rings is 8. The molecule has 4 aliphatic rings. The third kappa shape index (κ3) is 7.27. The lowest BCUT2D eigenvalue weighted by Crippen LogP contribution is -2.62. The molecule has 360 valence electrons. The second-order valence-corrected chi connectivity index (χ2v) is 25.7. The maximum atomic E-state index is 2.72. The molecule has 0 saturated heterocycles. The SMILES string of the molecule is Cc1cc2c3c(c1)N(c1ccc(C(C)(C)C)cc1-c1ccc4c(c1)C(C)(C)CC4(C)C)c1cc4c(cc1B3c1ccc(-c3ccccc3)cc1N2c1cc(-c2ccccc2)ccc1C)C(C)(C)CCC4(C)C. The van der Waals surface area contributed by atoms with Crippen LogP contribution in [0.2, 0.25) is 0 Å². The molecule has 0 radical (unpaired) electrons. The monoisotopic (exact) mass is 939 g/mol. The van der Waals surface area contributed by atoms with Crippen LogP contribution in [0.25, 0.3) is 33.4 Å². The van der Waals surface area contributed by atoms with E-state index in [1.165, 1.54) is 123 Å². The van der Waals surface area contributed by atoms with E-state index in [4.69, 9.17) is 0 Å². The first-order chi connectivity index (χ1) is 34.1. The fraction of sp³-hybridized carbons (Fsp3) is 0.304. The Labute approximate surface area is 431 Å². The fourth-order valence-electron chi connectivity index (χ4n) is 13.8. The Kier molecular flexibility index (Phi) is 10.3. The quantitative estimate of drug-likeness (QED) is 0.159. The highest BCUT2D eigenvalue weighted by Crippen LogP contribution is 2.54. The Morgan fingerprint density at radius 1 is 0.403 bits per heavy atom. The number of nitrogens with zero attached hydrogens (tertiary/aromatic N) is 2. The molecule has 12 rings (SSSR count). The van der Waals surface area contributed by atoms with E-state index in [-0.39, 0.29) is 33.8 Å². The van der Waals surface area contributed by atoms with Gasteiger partial charge in [-0.1, -0.05) is 191 Å². The summed E-state index contributed by atoms with van der Waals surface area (Å²) in [6.45, 7) is 31.4. The van der Waals surface area contributed by atoms with Gasteiger partial charge in [0, 0.05) is 34.0 Å². The van der Waals surface area contributed by atoms with Crippen molar-refractivity contribution >= 4 is 57.2 Å². The van der Waals surface area contributed by atoms with Crippen LogP contribution < -0.4 is 26.2 Å². The number of aryl methyl sites for hydroxylation is 2. The maximum Gasteiger partial charge on any atom is 0.252 e. The summed E-state index contributed by atoms with van der Waals surface area (Å²) in [5, 5.41) is 0. The lowest BCUT2D eigenvalue weighted by molar-refractivity contribution is 0.332. The van der Waals surface area contributed by atoms with Crippen molar-refractivity contribution in [3.05, 3.63) is 197 Å². The Morgan fingerprint density at radius 3 is 1.56 bits per heavy atom. The molecule has 2 heterocycles. The summed E-state index contributed by atoms with van der Waals surface area (Å²) >= 11 is 0. The van der Waals surface area contributed by atoms with Crippen LogP contribution in [0.5, 0.6) is 0 Å². The van der Waals surface area contributed by atoms with Gasteiger partial charge in [-0.2, -0.15) is 0 Å². The molecule has 8 aromatic rings.